The molecule has 0 aliphatic rings. The molecule has 0 fully saturated rings. The quantitative estimate of drug-likeness (QED) is 0.583. The van der Waals surface area contributed by atoms with E-state index in [0.29, 0.717) is 16.4 Å². The summed E-state index contributed by atoms with van der Waals surface area (Å²) in [5, 5.41) is 19.7. The van der Waals surface area contributed by atoms with E-state index in [-0.39, 0.29) is 5.75 Å². The van der Waals surface area contributed by atoms with Gasteiger partial charge >= 0.3 is 5.97 Å². The van der Waals surface area contributed by atoms with Crippen molar-refractivity contribution < 1.29 is 9.90 Å². The minimum Gasteiger partial charge on any atom is -0.481 e. The van der Waals surface area contributed by atoms with Crippen LogP contribution in [0.3, 0.4) is 0 Å². The summed E-state index contributed by atoms with van der Waals surface area (Å²) >= 11 is 8.10. The third kappa shape index (κ3) is 3.59. The van der Waals surface area contributed by atoms with Gasteiger partial charge in [0.15, 0.2) is 5.16 Å². The van der Waals surface area contributed by atoms with Gasteiger partial charge in [0.2, 0.25) is 4.73 Å². The average Bonchev–Trinajstić information content (AvgIpc) is 2.89. The normalized spacial score (nSPS) is 11.0. The SMILES string of the molecule is O=C(O)CSc1nnc(Br)n1Cc1ccc(Br)c2ccccc12. The van der Waals surface area contributed by atoms with Crippen molar-refractivity contribution >= 4 is 60.4 Å². The summed E-state index contributed by atoms with van der Waals surface area (Å²) in [6, 6.07) is 12.2. The molecule has 0 aliphatic carbocycles. The van der Waals surface area contributed by atoms with Gasteiger partial charge < -0.3 is 5.11 Å². The minimum atomic E-state index is -0.880. The highest BCUT2D eigenvalue weighted by Crippen LogP contribution is 2.29. The van der Waals surface area contributed by atoms with Gasteiger partial charge in [0.1, 0.15) is 0 Å². The van der Waals surface area contributed by atoms with E-state index in [9.17, 15) is 4.79 Å². The molecule has 0 saturated carbocycles. The van der Waals surface area contributed by atoms with E-state index in [2.05, 4.69) is 54.2 Å². The zero-order chi connectivity index (χ0) is 16.4. The van der Waals surface area contributed by atoms with E-state index in [1.165, 1.54) is 0 Å². The lowest BCUT2D eigenvalue weighted by Gasteiger charge is -2.11. The first-order chi connectivity index (χ1) is 11.1. The number of carbonyl (C=O) groups is 1. The number of benzene rings is 2. The molecule has 0 amide bonds. The molecule has 5 nitrogen and oxygen atoms in total. The molecule has 0 bridgehead atoms. The summed E-state index contributed by atoms with van der Waals surface area (Å²) in [6.07, 6.45) is 0. The standard InChI is InChI=1S/C15H11Br2N3O2S/c16-12-6-5-9(10-3-1-2-4-11(10)12)7-20-14(17)18-19-15(20)23-8-13(21)22/h1-6H,7-8H2,(H,21,22). The van der Waals surface area contributed by atoms with Crippen LogP contribution in [0.15, 0.2) is 50.8 Å². The molecular weight excluding hydrogens is 446 g/mol. The van der Waals surface area contributed by atoms with Crippen LogP contribution in [-0.4, -0.2) is 31.6 Å². The van der Waals surface area contributed by atoms with E-state index in [4.69, 9.17) is 5.11 Å². The molecule has 3 aromatic rings. The maximum Gasteiger partial charge on any atom is 0.313 e. The number of nitrogens with zero attached hydrogens (tertiary/aromatic N) is 3. The molecule has 2 aromatic carbocycles. The molecule has 8 heteroatoms. The van der Waals surface area contributed by atoms with Crippen LogP contribution >= 0.6 is 43.6 Å². The molecule has 0 saturated heterocycles. The van der Waals surface area contributed by atoms with Crippen LogP contribution in [-0.2, 0) is 11.3 Å². The van der Waals surface area contributed by atoms with E-state index in [1.54, 1.807) is 0 Å². The molecule has 3 rings (SSSR count). The lowest BCUT2D eigenvalue weighted by Crippen LogP contribution is -2.05. The van der Waals surface area contributed by atoms with Crippen molar-refractivity contribution in [3.63, 3.8) is 0 Å². The molecule has 0 aliphatic heterocycles. The Morgan fingerprint density at radius 3 is 2.61 bits per heavy atom. The number of hydrogen-bond donors (Lipinski definition) is 1. The number of hydrogen-bond acceptors (Lipinski definition) is 4. The van der Waals surface area contributed by atoms with Crippen LogP contribution in [0.2, 0.25) is 0 Å². The van der Waals surface area contributed by atoms with Crippen LogP contribution < -0.4 is 0 Å². The zero-order valence-corrected chi connectivity index (χ0v) is 15.7. The van der Waals surface area contributed by atoms with E-state index in [1.807, 2.05) is 28.8 Å². The summed E-state index contributed by atoms with van der Waals surface area (Å²) in [6.45, 7) is 0.559. The Kier molecular flexibility index (Phi) is 5.03. The first kappa shape index (κ1) is 16.5. The van der Waals surface area contributed by atoms with Gasteiger partial charge in [0.05, 0.1) is 12.3 Å². The Balaban J connectivity index is 1.98. The minimum absolute atomic E-state index is 0.0494. The van der Waals surface area contributed by atoms with Gasteiger partial charge in [-0.2, -0.15) is 0 Å². The van der Waals surface area contributed by atoms with Crippen molar-refractivity contribution in [2.45, 2.75) is 11.7 Å². The monoisotopic (exact) mass is 455 g/mol. The van der Waals surface area contributed by atoms with Gasteiger partial charge in [-0.05, 0) is 38.3 Å². The second kappa shape index (κ2) is 7.02. The van der Waals surface area contributed by atoms with Gasteiger partial charge in [-0.15, -0.1) is 10.2 Å². The van der Waals surface area contributed by atoms with Crippen LogP contribution in [0.5, 0.6) is 0 Å². The number of halogens is 2. The van der Waals surface area contributed by atoms with Crippen LogP contribution in [0.1, 0.15) is 5.56 Å². The Labute approximate surface area is 153 Å². The fourth-order valence-corrected chi connectivity index (χ4v) is 3.90. The number of fused-ring (bicyclic) bond motifs is 1. The van der Waals surface area contributed by atoms with E-state index < -0.39 is 5.97 Å². The second-order valence-electron chi connectivity index (χ2n) is 4.77. The van der Waals surface area contributed by atoms with Crippen molar-refractivity contribution in [3.05, 3.63) is 51.2 Å². The summed E-state index contributed by atoms with van der Waals surface area (Å²) in [4.78, 5) is 10.8. The van der Waals surface area contributed by atoms with Gasteiger partial charge in [-0.1, -0.05) is 58.0 Å². The van der Waals surface area contributed by atoms with Gasteiger partial charge in [-0.3, -0.25) is 9.36 Å². The number of carboxylic acids is 1. The first-order valence-corrected chi connectivity index (χ1v) is 9.23. The van der Waals surface area contributed by atoms with Gasteiger partial charge in [-0.25, -0.2) is 0 Å². The predicted octanol–water partition coefficient (Wildman–Crippen LogP) is 4.18. The Morgan fingerprint density at radius 1 is 1.13 bits per heavy atom. The molecule has 1 heterocycles. The fraction of sp³-hybridized carbons (Fsp3) is 0.133. The lowest BCUT2D eigenvalue weighted by atomic mass is 10.0. The third-order valence-corrected chi connectivity index (χ3v) is 5.52. The van der Waals surface area contributed by atoms with E-state index >= 15 is 0 Å². The van der Waals surface area contributed by atoms with E-state index in [0.717, 1.165) is 32.6 Å². The Morgan fingerprint density at radius 2 is 1.87 bits per heavy atom. The summed E-state index contributed by atoms with van der Waals surface area (Å²) in [7, 11) is 0. The fourth-order valence-electron chi connectivity index (χ4n) is 2.27. The van der Waals surface area contributed by atoms with Crippen molar-refractivity contribution in [2.75, 3.05) is 5.75 Å². The zero-order valence-electron chi connectivity index (χ0n) is 11.7. The molecule has 118 valence electrons. The maximum atomic E-state index is 10.8. The predicted molar refractivity (Wildman–Crippen MR) is 96.8 cm³/mol. The topological polar surface area (TPSA) is 68.0 Å². The Bertz CT molecular complexity index is 882. The van der Waals surface area contributed by atoms with Crippen LogP contribution in [0.25, 0.3) is 10.8 Å². The molecule has 1 N–H and O–H groups in total. The van der Waals surface area contributed by atoms with Crippen LogP contribution in [0, 0.1) is 0 Å². The number of aromatic nitrogens is 3. The Hall–Kier alpha value is -1.38. The largest absolute Gasteiger partial charge is 0.481 e. The summed E-state index contributed by atoms with van der Waals surface area (Å²) in [5.74, 6) is -0.929. The lowest BCUT2D eigenvalue weighted by molar-refractivity contribution is -0.133. The second-order valence-corrected chi connectivity index (χ2v) is 7.28. The summed E-state index contributed by atoms with van der Waals surface area (Å²) in [5.41, 5.74) is 1.11. The first-order valence-electron chi connectivity index (χ1n) is 6.65. The molecule has 23 heavy (non-hydrogen) atoms. The van der Waals surface area contributed by atoms with Crippen molar-refractivity contribution in [1.29, 1.82) is 0 Å². The maximum absolute atomic E-state index is 10.8. The van der Waals surface area contributed by atoms with Crippen molar-refractivity contribution in [2.24, 2.45) is 0 Å². The smallest absolute Gasteiger partial charge is 0.313 e. The third-order valence-electron chi connectivity index (χ3n) is 3.29. The molecular formula is C15H11Br2N3O2S. The highest BCUT2D eigenvalue weighted by atomic mass is 79.9. The van der Waals surface area contributed by atoms with Crippen molar-refractivity contribution in [1.82, 2.24) is 14.8 Å². The number of thioether (sulfide) groups is 1. The number of rotatable bonds is 5. The average molecular weight is 457 g/mol. The number of carboxylic acid groups (broad SMARTS) is 1. The summed E-state index contributed by atoms with van der Waals surface area (Å²) < 4.78 is 3.49. The molecule has 0 unspecified atom stereocenters. The van der Waals surface area contributed by atoms with Crippen LogP contribution in [0.4, 0.5) is 0 Å². The molecule has 1 aromatic heterocycles. The highest BCUT2D eigenvalue weighted by molar-refractivity contribution is 9.10. The van der Waals surface area contributed by atoms with Gasteiger partial charge in [0.25, 0.3) is 0 Å². The highest BCUT2D eigenvalue weighted by Gasteiger charge is 2.14. The molecule has 0 spiro atoms. The molecule has 0 radical (unpaired) electrons. The number of aliphatic carboxylic acids is 1. The van der Waals surface area contributed by atoms with Crippen molar-refractivity contribution in [3.8, 4) is 0 Å². The van der Waals surface area contributed by atoms with Gasteiger partial charge in [0, 0.05) is 4.47 Å². The molecule has 0 atom stereocenters.